The summed E-state index contributed by atoms with van der Waals surface area (Å²) in [5, 5.41) is 3.09. The standard InChI is InChI=1S/C21H32N4O2/c1-18(26)25-10-8-21(2,17-25)20(27)22-9-11-23-12-14-24(15-13-23)16-19-6-4-3-5-7-19/h3-7H,8-17H2,1-2H3,(H,22,27). The Bertz CT molecular complexity index is 643. The van der Waals surface area contributed by atoms with Crippen molar-refractivity contribution in [2.24, 2.45) is 5.41 Å². The monoisotopic (exact) mass is 372 g/mol. The number of carbonyl (C=O) groups is 2. The maximum Gasteiger partial charge on any atom is 0.227 e. The van der Waals surface area contributed by atoms with Crippen LogP contribution in [0.3, 0.4) is 0 Å². The molecular weight excluding hydrogens is 340 g/mol. The number of likely N-dealkylation sites (tertiary alicyclic amines) is 1. The van der Waals surface area contributed by atoms with E-state index >= 15 is 0 Å². The number of rotatable bonds is 6. The predicted molar refractivity (Wildman–Crippen MR) is 106 cm³/mol. The summed E-state index contributed by atoms with van der Waals surface area (Å²) >= 11 is 0. The molecule has 1 N–H and O–H groups in total. The molecule has 6 nitrogen and oxygen atoms in total. The Kier molecular flexibility index (Phi) is 6.50. The Balaban J connectivity index is 1.34. The molecule has 1 atom stereocenters. The molecule has 1 aromatic rings. The Hall–Kier alpha value is -1.92. The van der Waals surface area contributed by atoms with E-state index in [1.165, 1.54) is 5.56 Å². The van der Waals surface area contributed by atoms with Gasteiger partial charge in [-0.3, -0.25) is 19.4 Å². The molecule has 0 bridgehead atoms. The number of benzene rings is 1. The molecule has 2 amide bonds. The van der Waals surface area contributed by atoms with Crippen LogP contribution in [0.4, 0.5) is 0 Å². The smallest absolute Gasteiger partial charge is 0.227 e. The van der Waals surface area contributed by atoms with Crippen LogP contribution < -0.4 is 5.32 Å². The van der Waals surface area contributed by atoms with Gasteiger partial charge in [0.1, 0.15) is 0 Å². The van der Waals surface area contributed by atoms with Crippen molar-refractivity contribution in [3.8, 4) is 0 Å². The van der Waals surface area contributed by atoms with Crippen LogP contribution in [0.25, 0.3) is 0 Å². The number of hydrogen-bond donors (Lipinski definition) is 1. The topological polar surface area (TPSA) is 55.9 Å². The van der Waals surface area contributed by atoms with Crippen LogP contribution in [0.2, 0.25) is 0 Å². The van der Waals surface area contributed by atoms with E-state index in [2.05, 4.69) is 45.4 Å². The number of nitrogens with one attached hydrogen (secondary N) is 1. The molecule has 1 unspecified atom stereocenters. The van der Waals surface area contributed by atoms with Crippen LogP contribution in [-0.4, -0.2) is 78.9 Å². The average molecular weight is 373 g/mol. The van der Waals surface area contributed by atoms with Crippen molar-refractivity contribution in [1.29, 1.82) is 0 Å². The van der Waals surface area contributed by atoms with Crippen molar-refractivity contribution in [3.63, 3.8) is 0 Å². The minimum absolute atomic E-state index is 0.0555. The van der Waals surface area contributed by atoms with Gasteiger partial charge in [-0.2, -0.15) is 0 Å². The van der Waals surface area contributed by atoms with E-state index in [1.54, 1.807) is 11.8 Å². The summed E-state index contributed by atoms with van der Waals surface area (Å²) in [4.78, 5) is 30.7. The summed E-state index contributed by atoms with van der Waals surface area (Å²) in [6.45, 7) is 11.5. The molecule has 3 rings (SSSR count). The first-order valence-corrected chi connectivity index (χ1v) is 9.99. The molecular formula is C21H32N4O2. The van der Waals surface area contributed by atoms with E-state index in [-0.39, 0.29) is 11.8 Å². The van der Waals surface area contributed by atoms with Crippen molar-refractivity contribution in [2.45, 2.75) is 26.8 Å². The zero-order chi connectivity index (χ0) is 19.3. The molecule has 6 heteroatoms. The number of amides is 2. The Morgan fingerprint density at radius 3 is 2.33 bits per heavy atom. The molecule has 0 spiro atoms. The molecule has 0 saturated carbocycles. The van der Waals surface area contributed by atoms with Crippen LogP contribution in [0.1, 0.15) is 25.8 Å². The van der Waals surface area contributed by atoms with E-state index in [0.29, 0.717) is 19.6 Å². The first-order valence-electron chi connectivity index (χ1n) is 9.99. The van der Waals surface area contributed by atoms with Crippen LogP contribution in [0, 0.1) is 5.41 Å². The predicted octanol–water partition coefficient (Wildman–Crippen LogP) is 1.18. The van der Waals surface area contributed by atoms with Gasteiger partial charge in [0.2, 0.25) is 11.8 Å². The van der Waals surface area contributed by atoms with Gasteiger partial charge in [0.05, 0.1) is 5.41 Å². The average Bonchev–Trinajstić information content (AvgIpc) is 3.08. The summed E-state index contributed by atoms with van der Waals surface area (Å²) in [6, 6.07) is 10.6. The maximum atomic E-state index is 12.6. The second-order valence-corrected chi connectivity index (χ2v) is 8.11. The van der Waals surface area contributed by atoms with Crippen LogP contribution in [0.5, 0.6) is 0 Å². The van der Waals surface area contributed by atoms with Crippen LogP contribution >= 0.6 is 0 Å². The second kappa shape index (κ2) is 8.85. The van der Waals surface area contributed by atoms with Gasteiger partial charge in [0.25, 0.3) is 0 Å². The lowest BCUT2D eigenvalue weighted by molar-refractivity contribution is -0.131. The fourth-order valence-electron chi connectivity index (χ4n) is 3.97. The highest BCUT2D eigenvalue weighted by molar-refractivity contribution is 5.84. The zero-order valence-corrected chi connectivity index (χ0v) is 16.6. The summed E-state index contributed by atoms with van der Waals surface area (Å²) < 4.78 is 0. The van der Waals surface area contributed by atoms with Gasteiger partial charge in [-0.15, -0.1) is 0 Å². The molecule has 1 aromatic carbocycles. The molecule has 0 radical (unpaired) electrons. The van der Waals surface area contributed by atoms with E-state index < -0.39 is 5.41 Å². The number of piperazine rings is 1. The van der Waals surface area contributed by atoms with Gasteiger partial charge >= 0.3 is 0 Å². The Labute approximate surface area is 162 Å². The first-order chi connectivity index (χ1) is 13.0. The van der Waals surface area contributed by atoms with Crippen molar-refractivity contribution in [3.05, 3.63) is 35.9 Å². The first kappa shape index (κ1) is 19.8. The summed E-state index contributed by atoms with van der Waals surface area (Å²) in [5.74, 6) is 0.133. The molecule has 0 aliphatic carbocycles. The van der Waals surface area contributed by atoms with Crippen LogP contribution in [-0.2, 0) is 16.1 Å². The zero-order valence-electron chi connectivity index (χ0n) is 16.6. The minimum Gasteiger partial charge on any atom is -0.354 e. The summed E-state index contributed by atoms with van der Waals surface area (Å²) in [7, 11) is 0. The lowest BCUT2D eigenvalue weighted by atomic mass is 9.89. The quantitative estimate of drug-likeness (QED) is 0.815. The fraction of sp³-hybridized carbons (Fsp3) is 0.619. The third kappa shape index (κ3) is 5.30. The van der Waals surface area contributed by atoms with E-state index in [1.807, 2.05) is 6.92 Å². The third-order valence-electron chi connectivity index (χ3n) is 5.89. The highest BCUT2D eigenvalue weighted by atomic mass is 16.2. The highest BCUT2D eigenvalue weighted by Gasteiger charge is 2.41. The molecule has 2 fully saturated rings. The normalized spacial score (nSPS) is 24.1. The largest absolute Gasteiger partial charge is 0.354 e. The number of hydrogen-bond acceptors (Lipinski definition) is 4. The van der Waals surface area contributed by atoms with Crippen molar-refractivity contribution in [2.75, 3.05) is 52.4 Å². The number of nitrogens with zero attached hydrogens (tertiary/aromatic N) is 3. The van der Waals surface area contributed by atoms with Gasteiger partial charge < -0.3 is 10.2 Å². The number of carbonyl (C=O) groups excluding carboxylic acids is 2. The van der Waals surface area contributed by atoms with E-state index in [4.69, 9.17) is 0 Å². The maximum absolute atomic E-state index is 12.6. The minimum atomic E-state index is -0.444. The van der Waals surface area contributed by atoms with Gasteiger partial charge in [-0.1, -0.05) is 30.3 Å². The van der Waals surface area contributed by atoms with Gasteiger partial charge in [-0.05, 0) is 18.9 Å². The lowest BCUT2D eigenvalue weighted by Crippen LogP contribution is -2.49. The summed E-state index contributed by atoms with van der Waals surface area (Å²) in [6.07, 6.45) is 0.747. The SMILES string of the molecule is CC(=O)N1CCC(C)(C(=O)NCCN2CCN(Cc3ccccc3)CC2)C1. The lowest BCUT2D eigenvalue weighted by Gasteiger charge is -2.35. The van der Waals surface area contributed by atoms with Crippen molar-refractivity contribution in [1.82, 2.24) is 20.0 Å². The van der Waals surface area contributed by atoms with Gasteiger partial charge in [0, 0.05) is 65.8 Å². The molecule has 148 valence electrons. The van der Waals surface area contributed by atoms with E-state index in [9.17, 15) is 9.59 Å². The second-order valence-electron chi connectivity index (χ2n) is 8.11. The van der Waals surface area contributed by atoms with Crippen molar-refractivity contribution < 1.29 is 9.59 Å². The molecule has 2 saturated heterocycles. The van der Waals surface area contributed by atoms with Gasteiger partial charge in [-0.25, -0.2) is 0 Å². The Morgan fingerprint density at radius 2 is 1.70 bits per heavy atom. The molecule has 0 aromatic heterocycles. The highest BCUT2D eigenvalue weighted by Crippen LogP contribution is 2.30. The third-order valence-corrected chi connectivity index (χ3v) is 5.89. The molecule has 2 aliphatic rings. The summed E-state index contributed by atoms with van der Waals surface area (Å²) in [5.41, 5.74) is 0.919. The van der Waals surface area contributed by atoms with Gasteiger partial charge in [0.15, 0.2) is 0 Å². The molecule has 2 heterocycles. The fourth-order valence-corrected chi connectivity index (χ4v) is 3.97. The van der Waals surface area contributed by atoms with Crippen molar-refractivity contribution >= 4 is 11.8 Å². The molecule has 2 aliphatic heterocycles. The molecule has 27 heavy (non-hydrogen) atoms. The Morgan fingerprint density at radius 1 is 1.04 bits per heavy atom. The van der Waals surface area contributed by atoms with Crippen LogP contribution in [0.15, 0.2) is 30.3 Å². The van der Waals surface area contributed by atoms with E-state index in [0.717, 1.165) is 45.7 Å².